The molecule has 0 aliphatic carbocycles. The van der Waals surface area contributed by atoms with Crippen molar-refractivity contribution < 1.29 is 4.74 Å². The van der Waals surface area contributed by atoms with Crippen LogP contribution in [-0.4, -0.2) is 13.2 Å². The summed E-state index contributed by atoms with van der Waals surface area (Å²) in [6, 6.07) is 7.95. The summed E-state index contributed by atoms with van der Waals surface area (Å²) in [6.07, 6.45) is 1.85. The summed E-state index contributed by atoms with van der Waals surface area (Å²) in [7, 11) is 0. The molecule has 4 N–H and O–H groups in total. The van der Waals surface area contributed by atoms with E-state index < -0.39 is 0 Å². The zero-order valence-electron chi connectivity index (χ0n) is 9.28. The highest BCUT2D eigenvalue weighted by Crippen LogP contribution is 2.25. The Morgan fingerprint density at radius 2 is 2.07 bits per heavy atom. The monoisotopic (exact) mass is 208 g/mol. The summed E-state index contributed by atoms with van der Waals surface area (Å²) in [4.78, 5) is 0. The van der Waals surface area contributed by atoms with Crippen LogP contribution in [0.15, 0.2) is 24.3 Å². The van der Waals surface area contributed by atoms with Crippen LogP contribution in [0.2, 0.25) is 0 Å². The van der Waals surface area contributed by atoms with E-state index in [2.05, 4.69) is 0 Å². The first-order chi connectivity index (χ1) is 7.29. The number of hydrogen-bond acceptors (Lipinski definition) is 3. The second-order valence-electron chi connectivity index (χ2n) is 3.51. The first kappa shape index (κ1) is 12.0. The number of hydrogen-bond donors (Lipinski definition) is 2. The van der Waals surface area contributed by atoms with Crippen LogP contribution in [-0.2, 0) is 0 Å². The van der Waals surface area contributed by atoms with Gasteiger partial charge >= 0.3 is 0 Å². The van der Waals surface area contributed by atoms with Crippen LogP contribution in [0.1, 0.15) is 31.4 Å². The van der Waals surface area contributed by atoms with Crippen molar-refractivity contribution in [2.45, 2.75) is 25.8 Å². The van der Waals surface area contributed by atoms with Crippen molar-refractivity contribution in [3.63, 3.8) is 0 Å². The number of ether oxygens (including phenoxy) is 1. The number of rotatable bonds is 6. The van der Waals surface area contributed by atoms with Crippen molar-refractivity contribution >= 4 is 0 Å². The Labute approximate surface area is 91.4 Å². The molecule has 0 unspecified atom stereocenters. The van der Waals surface area contributed by atoms with E-state index in [9.17, 15) is 0 Å². The van der Waals surface area contributed by atoms with E-state index in [4.69, 9.17) is 16.2 Å². The Bertz CT molecular complexity index is 289. The molecule has 0 fully saturated rings. The van der Waals surface area contributed by atoms with Crippen LogP contribution in [0.5, 0.6) is 5.75 Å². The van der Waals surface area contributed by atoms with E-state index in [1.54, 1.807) is 0 Å². The quantitative estimate of drug-likeness (QED) is 0.749. The van der Waals surface area contributed by atoms with Crippen LogP contribution in [0.3, 0.4) is 0 Å². The fourth-order valence-electron chi connectivity index (χ4n) is 1.57. The van der Waals surface area contributed by atoms with E-state index >= 15 is 0 Å². The molecule has 0 heterocycles. The molecule has 0 aromatic heterocycles. The number of nitrogens with two attached hydrogens (primary N) is 2. The normalized spacial score (nSPS) is 12.5. The molecule has 0 amide bonds. The Kier molecular flexibility index (Phi) is 5.15. The molecule has 0 aliphatic rings. The summed E-state index contributed by atoms with van der Waals surface area (Å²) in [6.45, 7) is 3.33. The van der Waals surface area contributed by atoms with Crippen molar-refractivity contribution in [1.82, 2.24) is 0 Å². The van der Waals surface area contributed by atoms with E-state index in [0.29, 0.717) is 13.2 Å². The average molecular weight is 208 g/mol. The molecule has 3 nitrogen and oxygen atoms in total. The lowest BCUT2D eigenvalue weighted by Crippen LogP contribution is -2.13. The van der Waals surface area contributed by atoms with E-state index in [-0.39, 0.29) is 6.04 Å². The van der Waals surface area contributed by atoms with Gasteiger partial charge in [0.15, 0.2) is 0 Å². The maximum Gasteiger partial charge on any atom is 0.124 e. The van der Waals surface area contributed by atoms with E-state index in [1.165, 1.54) is 0 Å². The van der Waals surface area contributed by atoms with Gasteiger partial charge in [-0.05, 0) is 32.4 Å². The molecule has 84 valence electrons. The predicted molar refractivity (Wildman–Crippen MR) is 62.8 cm³/mol. The SMILES string of the molecule is CCOc1ccccc1[C@@H](N)CCCN. The van der Waals surface area contributed by atoms with Gasteiger partial charge < -0.3 is 16.2 Å². The van der Waals surface area contributed by atoms with E-state index in [0.717, 1.165) is 24.2 Å². The van der Waals surface area contributed by atoms with Gasteiger partial charge in [0.05, 0.1) is 6.61 Å². The second-order valence-corrected chi connectivity index (χ2v) is 3.51. The molecular weight excluding hydrogens is 188 g/mol. The number of benzene rings is 1. The minimum Gasteiger partial charge on any atom is -0.494 e. The molecule has 0 saturated heterocycles. The van der Waals surface area contributed by atoms with Gasteiger partial charge in [-0.3, -0.25) is 0 Å². The summed E-state index contributed by atoms with van der Waals surface area (Å²) < 4.78 is 5.53. The van der Waals surface area contributed by atoms with Crippen LogP contribution < -0.4 is 16.2 Å². The Balaban J connectivity index is 2.72. The van der Waals surface area contributed by atoms with Crippen molar-refractivity contribution in [3.05, 3.63) is 29.8 Å². The van der Waals surface area contributed by atoms with Gasteiger partial charge in [0.25, 0.3) is 0 Å². The maximum absolute atomic E-state index is 6.08. The Hall–Kier alpha value is -1.06. The van der Waals surface area contributed by atoms with Gasteiger partial charge in [-0.2, -0.15) is 0 Å². The summed E-state index contributed by atoms with van der Waals surface area (Å²) in [5.74, 6) is 0.893. The lowest BCUT2D eigenvalue weighted by atomic mass is 10.0. The molecule has 0 bridgehead atoms. The van der Waals surface area contributed by atoms with Crippen LogP contribution in [0, 0.1) is 0 Å². The van der Waals surface area contributed by atoms with Gasteiger partial charge in [-0.1, -0.05) is 18.2 Å². The third-order valence-electron chi connectivity index (χ3n) is 2.34. The molecule has 0 spiro atoms. The zero-order valence-corrected chi connectivity index (χ0v) is 9.28. The summed E-state index contributed by atoms with van der Waals surface area (Å²) in [5, 5.41) is 0. The first-order valence-corrected chi connectivity index (χ1v) is 5.47. The first-order valence-electron chi connectivity index (χ1n) is 5.47. The molecular formula is C12H20N2O. The molecule has 1 aromatic carbocycles. The highest BCUT2D eigenvalue weighted by molar-refractivity contribution is 5.35. The highest BCUT2D eigenvalue weighted by atomic mass is 16.5. The van der Waals surface area contributed by atoms with Gasteiger partial charge in [-0.15, -0.1) is 0 Å². The molecule has 1 rings (SSSR count). The minimum absolute atomic E-state index is 0.0244. The molecule has 15 heavy (non-hydrogen) atoms. The molecule has 1 atom stereocenters. The smallest absolute Gasteiger partial charge is 0.124 e. The molecule has 1 aromatic rings. The fourth-order valence-corrected chi connectivity index (χ4v) is 1.57. The molecule has 0 aliphatic heterocycles. The largest absolute Gasteiger partial charge is 0.494 e. The highest BCUT2D eigenvalue weighted by Gasteiger charge is 2.10. The van der Waals surface area contributed by atoms with Gasteiger partial charge in [0, 0.05) is 11.6 Å². The molecule has 0 radical (unpaired) electrons. The van der Waals surface area contributed by atoms with Crippen LogP contribution >= 0.6 is 0 Å². The standard InChI is InChI=1S/C12H20N2O/c1-2-15-12-8-4-3-6-10(12)11(14)7-5-9-13/h3-4,6,8,11H,2,5,7,9,13-14H2,1H3/t11-/m0/s1. The van der Waals surface area contributed by atoms with Crippen molar-refractivity contribution in [1.29, 1.82) is 0 Å². The Morgan fingerprint density at radius 1 is 1.33 bits per heavy atom. The van der Waals surface area contributed by atoms with Gasteiger partial charge in [0.1, 0.15) is 5.75 Å². The molecule has 0 saturated carbocycles. The predicted octanol–water partition coefficient (Wildman–Crippen LogP) is 1.82. The van der Waals surface area contributed by atoms with E-state index in [1.807, 2.05) is 31.2 Å². The lowest BCUT2D eigenvalue weighted by Gasteiger charge is -2.15. The third kappa shape index (κ3) is 3.53. The zero-order chi connectivity index (χ0) is 11.1. The lowest BCUT2D eigenvalue weighted by molar-refractivity contribution is 0.333. The number of para-hydroxylation sites is 1. The summed E-state index contributed by atoms with van der Waals surface area (Å²) in [5.41, 5.74) is 12.6. The maximum atomic E-state index is 6.08. The third-order valence-corrected chi connectivity index (χ3v) is 2.34. The van der Waals surface area contributed by atoms with Gasteiger partial charge in [-0.25, -0.2) is 0 Å². The topological polar surface area (TPSA) is 61.3 Å². The van der Waals surface area contributed by atoms with Crippen LogP contribution in [0.4, 0.5) is 0 Å². The summed E-state index contributed by atoms with van der Waals surface area (Å²) >= 11 is 0. The van der Waals surface area contributed by atoms with Gasteiger partial charge in [0.2, 0.25) is 0 Å². The fraction of sp³-hybridized carbons (Fsp3) is 0.500. The average Bonchev–Trinajstić information content (AvgIpc) is 2.27. The van der Waals surface area contributed by atoms with Crippen LogP contribution in [0.25, 0.3) is 0 Å². The Morgan fingerprint density at radius 3 is 2.73 bits per heavy atom. The van der Waals surface area contributed by atoms with Crippen molar-refractivity contribution in [2.24, 2.45) is 11.5 Å². The minimum atomic E-state index is 0.0244. The van der Waals surface area contributed by atoms with Crippen molar-refractivity contribution in [2.75, 3.05) is 13.2 Å². The molecule has 3 heteroatoms. The van der Waals surface area contributed by atoms with Crippen molar-refractivity contribution in [3.8, 4) is 5.75 Å². The second kappa shape index (κ2) is 6.43.